The number of carboxylic acid groups (broad SMARTS) is 1. The highest BCUT2D eigenvalue weighted by atomic mass is 32.2. The molecule has 1 saturated carbocycles. The first-order valence-electron chi connectivity index (χ1n) is 6.92. The van der Waals surface area contributed by atoms with Crippen LogP contribution in [0.4, 0.5) is 0 Å². The van der Waals surface area contributed by atoms with Crippen LogP contribution in [0.3, 0.4) is 0 Å². The zero-order valence-corrected chi connectivity index (χ0v) is 12.1. The van der Waals surface area contributed by atoms with E-state index in [9.17, 15) is 9.90 Å². The largest absolute Gasteiger partial charge is 0.481 e. The second-order valence-corrected chi connectivity index (χ2v) is 6.94. The first-order chi connectivity index (χ1) is 10.2. The number of hydrogen-bond acceptors (Lipinski definition) is 5. The van der Waals surface area contributed by atoms with Gasteiger partial charge in [0.15, 0.2) is 5.82 Å². The van der Waals surface area contributed by atoms with E-state index in [1.807, 2.05) is 12.1 Å². The van der Waals surface area contributed by atoms with Gasteiger partial charge in [-0.2, -0.15) is 0 Å². The van der Waals surface area contributed by atoms with E-state index in [2.05, 4.69) is 27.7 Å². The lowest BCUT2D eigenvalue weighted by Gasteiger charge is -2.13. The summed E-state index contributed by atoms with van der Waals surface area (Å²) in [5, 5.41) is 21.4. The summed E-state index contributed by atoms with van der Waals surface area (Å²) in [6.45, 7) is 0.373. The van der Waals surface area contributed by atoms with Gasteiger partial charge < -0.3 is 5.11 Å². The fraction of sp³-hybridized carbons (Fsp3) is 0.429. The molecule has 0 amide bonds. The monoisotopic (exact) mass is 302 g/mol. The molecular weight excluding hydrogens is 288 g/mol. The van der Waals surface area contributed by atoms with E-state index in [4.69, 9.17) is 0 Å². The van der Waals surface area contributed by atoms with Gasteiger partial charge in [-0.3, -0.25) is 4.79 Å². The Morgan fingerprint density at radius 2 is 2.24 bits per heavy atom. The number of aromatic nitrogens is 4. The van der Waals surface area contributed by atoms with Gasteiger partial charge in [-0.25, -0.2) is 4.68 Å². The van der Waals surface area contributed by atoms with E-state index < -0.39 is 11.4 Å². The number of aliphatic carboxylic acids is 1. The van der Waals surface area contributed by atoms with Crippen molar-refractivity contribution in [3.05, 3.63) is 35.7 Å². The summed E-state index contributed by atoms with van der Waals surface area (Å²) in [7, 11) is 0. The minimum absolute atomic E-state index is 0.169. The van der Waals surface area contributed by atoms with E-state index in [-0.39, 0.29) is 5.25 Å². The third-order valence-corrected chi connectivity index (χ3v) is 5.57. The molecule has 108 valence electrons. The molecule has 0 saturated heterocycles. The number of carbonyl (C=O) groups is 1. The normalized spacial score (nSPS) is 22.0. The lowest BCUT2D eigenvalue weighted by atomic mass is 10.1. The number of fused-ring (bicyclic) bond motifs is 1. The highest BCUT2D eigenvalue weighted by Gasteiger charge is 2.51. The van der Waals surface area contributed by atoms with Gasteiger partial charge in [0.1, 0.15) is 0 Å². The zero-order valence-electron chi connectivity index (χ0n) is 11.3. The first-order valence-corrected chi connectivity index (χ1v) is 7.80. The van der Waals surface area contributed by atoms with Gasteiger partial charge in [-0.15, -0.1) is 16.9 Å². The molecule has 1 N–H and O–H groups in total. The van der Waals surface area contributed by atoms with Gasteiger partial charge in [0.05, 0.1) is 17.2 Å². The molecule has 1 unspecified atom stereocenters. The summed E-state index contributed by atoms with van der Waals surface area (Å²) in [6.07, 6.45) is 2.31. The Kier molecular flexibility index (Phi) is 2.78. The highest BCUT2D eigenvalue weighted by Crippen LogP contribution is 2.49. The summed E-state index contributed by atoms with van der Waals surface area (Å²) < 4.78 is 1.69. The number of benzene rings is 1. The molecule has 21 heavy (non-hydrogen) atoms. The molecule has 1 aromatic heterocycles. The summed E-state index contributed by atoms with van der Waals surface area (Å²) in [5.41, 5.74) is 0.654. The third kappa shape index (κ3) is 2.12. The maximum Gasteiger partial charge on any atom is 0.311 e. The molecule has 1 aliphatic heterocycles. The molecule has 7 heteroatoms. The summed E-state index contributed by atoms with van der Waals surface area (Å²) in [4.78, 5) is 12.6. The van der Waals surface area contributed by atoms with Gasteiger partial charge in [-0.05, 0) is 41.3 Å². The van der Waals surface area contributed by atoms with Crippen LogP contribution in [0.15, 0.2) is 29.2 Å². The Bertz CT molecular complexity index is 686. The van der Waals surface area contributed by atoms with E-state index in [0.29, 0.717) is 19.4 Å². The van der Waals surface area contributed by atoms with Crippen LogP contribution in [0.25, 0.3) is 0 Å². The maximum absolute atomic E-state index is 11.3. The highest BCUT2D eigenvalue weighted by molar-refractivity contribution is 7.99. The van der Waals surface area contributed by atoms with Gasteiger partial charge in [0.25, 0.3) is 0 Å². The van der Waals surface area contributed by atoms with Crippen molar-refractivity contribution in [2.45, 2.75) is 36.0 Å². The van der Waals surface area contributed by atoms with Crippen molar-refractivity contribution >= 4 is 17.7 Å². The molecule has 2 heterocycles. The molecule has 1 aromatic carbocycles. The van der Waals surface area contributed by atoms with E-state index in [1.165, 1.54) is 10.5 Å². The van der Waals surface area contributed by atoms with Crippen LogP contribution in [0.5, 0.6) is 0 Å². The molecule has 0 radical (unpaired) electrons. The van der Waals surface area contributed by atoms with Crippen LogP contribution in [-0.4, -0.2) is 31.3 Å². The molecule has 1 fully saturated rings. The fourth-order valence-electron chi connectivity index (χ4n) is 2.76. The minimum Gasteiger partial charge on any atom is -0.481 e. The van der Waals surface area contributed by atoms with Crippen molar-refractivity contribution in [3.8, 4) is 0 Å². The van der Waals surface area contributed by atoms with Gasteiger partial charge in [0, 0.05) is 4.90 Å². The molecule has 2 aliphatic rings. The molecule has 1 atom stereocenters. The molecule has 2 aromatic rings. The first kappa shape index (κ1) is 12.8. The van der Waals surface area contributed by atoms with Crippen LogP contribution < -0.4 is 0 Å². The molecule has 4 rings (SSSR count). The van der Waals surface area contributed by atoms with Gasteiger partial charge in [0.2, 0.25) is 0 Å². The van der Waals surface area contributed by atoms with Crippen molar-refractivity contribution < 1.29 is 9.90 Å². The lowest BCUT2D eigenvalue weighted by Crippen LogP contribution is -2.24. The summed E-state index contributed by atoms with van der Waals surface area (Å²) in [5.74, 6) is 0.0371. The predicted molar refractivity (Wildman–Crippen MR) is 75.9 cm³/mol. The van der Waals surface area contributed by atoms with Crippen LogP contribution in [0, 0.1) is 5.41 Å². The molecule has 1 aliphatic carbocycles. The number of hydrogen-bond donors (Lipinski definition) is 1. The molecular formula is C14H14N4O2S. The van der Waals surface area contributed by atoms with Crippen LogP contribution >= 0.6 is 11.8 Å². The maximum atomic E-state index is 11.3. The summed E-state index contributed by atoms with van der Waals surface area (Å²) in [6, 6.07) is 8.29. The van der Waals surface area contributed by atoms with Gasteiger partial charge >= 0.3 is 5.97 Å². The number of thioether (sulfide) groups is 1. The average Bonchev–Trinajstić information content (AvgIpc) is 2.94. The van der Waals surface area contributed by atoms with Crippen molar-refractivity contribution in [3.63, 3.8) is 0 Å². The fourth-order valence-corrected chi connectivity index (χ4v) is 4.06. The Balaban J connectivity index is 1.58. The number of tetrazole rings is 1. The quantitative estimate of drug-likeness (QED) is 0.929. The zero-order chi connectivity index (χ0) is 14.4. The standard InChI is InChI=1S/C14H14N4O2S/c19-13(20)14(5-6-14)8-18-12(15-16-17-18)11-7-9-3-1-2-4-10(9)21-11/h1-4,11H,5-8H2,(H,19,20). The number of carboxylic acids is 1. The van der Waals surface area contributed by atoms with Crippen LogP contribution in [-0.2, 0) is 17.8 Å². The predicted octanol–water partition coefficient (Wildman–Crippen LogP) is 1.93. The second kappa shape index (κ2) is 4.56. The molecule has 6 nitrogen and oxygen atoms in total. The Hall–Kier alpha value is -1.89. The average molecular weight is 302 g/mol. The number of rotatable bonds is 4. The Labute approximate surface area is 125 Å². The van der Waals surface area contributed by atoms with Crippen molar-refractivity contribution in [2.75, 3.05) is 0 Å². The topological polar surface area (TPSA) is 80.9 Å². The second-order valence-electron chi connectivity index (χ2n) is 5.70. The van der Waals surface area contributed by atoms with Crippen LogP contribution in [0.2, 0.25) is 0 Å². The molecule has 0 bridgehead atoms. The van der Waals surface area contributed by atoms with E-state index >= 15 is 0 Å². The lowest BCUT2D eigenvalue weighted by molar-refractivity contribution is -0.144. The third-order valence-electron chi connectivity index (χ3n) is 4.25. The van der Waals surface area contributed by atoms with Crippen molar-refractivity contribution in [1.29, 1.82) is 0 Å². The summed E-state index contributed by atoms with van der Waals surface area (Å²) >= 11 is 1.75. The van der Waals surface area contributed by atoms with Crippen LogP contribution in [0.1, 0.15) is 29.5 Å². The van der Waals surface area contributed by atoms with Gasteiger partial charge in [-0.1, -0.05) is 18.2 Å². The Morgan fingerprint density at radius 3 is 2.95 bits per heavy atom. The SMILES string of the molecule is O=C(O)C1(Cn2nnnc2C2Cc3ccccc3S2)CC1. The van der Waals surface area contributed by atoms with Crippen molar-refractivity contribution in [1.82, 2.24) is 20.2 Å². The minimum atomic E-state index is -0.744. The molecule has 0 spiro atoms. The van der Waals surface area contributed by atoms with E-state index in [1.54, 1.807) is 16.4 Å². The Morgan fingerprint density at radius 1 is 1.43 bits per heavy atom. The number of nitrogens with zero attached hydrogens (tertiary/aromatic N) is 4. The smallest absolute Gasteiger partial charge is 0.311 e. The van der Waals surface area contributed by atoms with E-state index in [0.717, 1.165) is 12.2 Å². The van der Waals surface area contributed by atoms with Crippen molar-refractivity contribution in [2.24, 2.45) is 5.41 Å².